The van der Waals surface area contributed by atoms with E-state index >= 15 is 0 Å². The summed E-state index contributed by atoms with van der Waals surface area (Å²) in [6.45, 7) is 3.84. The molecule has 3 aliphatic rings. The number of likely N-dealkylation sites (tertiary alicyclic amines) is 1. The predicted molar refractivity (Wildman–Crippen MR) is 127 cm³/mol. The summed E-state index contributed by atoms with van der Waals surface area (Å²) in [5.41, 5.74) is 1.81. The lowest BCUT2D eigenvalue weighted by atomic mass is 10.0. The molecule has 0 spiro atoms. The Morgan fingerprint density at radius 2 is 1.88 bits per heavy atom. The summed E-state index contributed by atoms with van der Waals surface area (Å²) < 4.78 is 16.8. The van der Waals surface area contributed by atoms with Gasteiger partial charge in [-0.1, -0.05) is 18.2 Å². The number of methoxy groups -OCH3 is 1. The average Bonchev–Trinajstić information content (AvgIpc) is 3.54. The van der Waals surface area contributed by atoms with E-state index in [0.717, 1.165) is 42.9 Å². The lowest BCUT2D eigenvalue weighted by Crippen LogP contribution is -2.40. The fourth-order valence-electron chi connectivity index (χ4n) is 5.11. The second-order valence-corrected chi connectivity index (χ2v) is 8.98. The SMILES string of the molecule is COc1ccccc1[C@H](CNC(=O)[C@H]1CC(=O)N(c2ccc3c(c2)OCCO3)C1)N1CCCC1. The van der Waals surface area contributed by atoms with Gasteiger partial charge in [-0.05, 0) is 44.1 Å². The molecule has 3 aliphatic heterocycles. The normalized spacial score (nSPS) is 20.9. The molecule has 2 atom stereocenters. The van der Waals surface area contributed by atoms with Crippen LogP contribution < -0.4 is 24.4 Å². The minimum absolute atomic E-state index is 0.0357. The number of para-hydroxylation sites is 1. The Kier molecular flexibility index (Phi) is 6.58. The first-order valence-corrected chi connectivity index (χ1v) is 12.0. The molecule has 3 heterocycles. The van der Waals surface area contributed by atoms with Crippen LogP contribution in [0.4, 0.5) is 5.69 Å². The van der Waals surface area contributed by atoms with Crippen molar-refractivity contribution in [1.29, 1.82) is 0 Å². The second-order valence-electron chi connectivity index (χ2n) is 8.98. The smallest absolute Gasteiger partial charge is 0.227 e. The zero-order valence-corrected chi connectivity index (χ0v) is 19.5. The van der Waals surface area contributed by atoms with Crippen molar-refractivity contribution >= 4 is 17.5 Å². The van der Waals surface area contributed by atoms with Crippen molar-refractivity contribution in [3.63, 3.8) is 0 Å². The van der Waals surface area contributed by atoms with Crippen LogP contribution in [0.15, 0.2) is 42.5 Å². The van der Waals surface area contributed by atoms with E-state index in [2.05, 4.69) is 16.3 Å². The maximum atomic E-state index is 13.1. The monoisotopic (exact) mass is 465 g/mol. The number of hydrogen-bond donors (Lipinski definition) is 1. The summed E-state index contributed by atoms with van der Waals surface area (Å²) in [6, 6.07) is 13.5. The van der Waals surface area contributed by atoms with Crippen LogP contribution in [0.2, 0.25) is 0 Å². The number of fused-ring (bicyclic) bond motifs is 1. The quantitative estimate of drug-likeness (QED) is 0.678. The van der Waals surface area contributed by atoms with Crippen molar-refractivity contribution in [2.75, 3.05) is 51.4 Å². The van der Waals surface area contributed by atoms with E-state index in [0.29, 0.717) is 37.8 Å². The number of carbonyl (C=O) groups is 2. The highest BCUT2D eigenvalue weighted by Gasteiger charge is 2.36. The van der Waals surface area contributed by atoms with E-state index in [9.17, 15) is 9.59 Å². The summed E-state index contributed by atoms with van der Waals surface area (Å²) in [4.78, 5) is 29.9. The molecule has 2 saturated heterocycles. The zero-order valence-electron chi connectivity index (χ0n) is 19.5. The number of ether oxygens (including phenoxy) is 3. The largest absolute Gasteiger partial charge is 0.496 e. The molecule has 0 bridgehead atoms. The first-order valence-electron chi connectivity index (χ1n) is 12.0. The molecule has 34 heavy (non-hydrogen) atoms. The second kappa shape index (κ2) is 9.93. The Balaban J connectivity index is 1.26. The number of hydrogen-bond acceptors (Lipinski definition) is 6. The first kappa shape index (κ1) is 22.5. The molecule has 180 valence electrons. The number of amides is 2. The fraction of sp³-hybridized carbons (Fsp3) is 0.462. The van der Waals surface area contributed by atoms with Crippen LogP contribution in [0.25, 0.3) is 0 Å². The number of rotatable bonds is 7. The van der Waals surface area contributed by atoms with Gasteiger partial charge >= 0.3 is 0 Å². The van der Waals surface area contributed by atoms with Gasteiger partial charge in [0.1, 0.15) is 19.0 Å². The Hall–Kier alpha value is -3.26. The van der Waals surface area contributed by atoms with Crippen LogP contribution in [-0.4, -0.2) is 63.2 Å². The minimum atomic E-state index is -0.391. The highest BCUT2D eigenvalue weighted by atomic mass is 16.6. The zero-order chi connectivity index (χ0) is 23.5. The van der Waals surface area contributed by atoms with Gasteiger partial charge < -0.3 is 24.4 Å². The van der Waals surface area contributed by atoms with E-state index in [1.54, 1.807) is 12.0 Å². The molecule has 5 rings (SSSR count). The van der Waals surface area contributed by atoms with Crippen LogP contribution in [0.5, 0.6) is 17.2 Å². The molecule has 8 heteroatoms. The Morgan fingerprint density at radius 3 is 2.68 bits per heavy atom. The summed E-state index contributed by atoms with van der Waals surface area (Å²) in [7, 11) is 1.68. The maximum Gasteiger partial charge on any atom is 0.227 e. The lowest BCUT2D eigenvalue weighted by Gasteiger charge is -2.29. The molecule has 2 fully saturated rings. The highest BCUT2D eigenvalue weighted by molar-refractivity contribution is 6.00. The van der Waals surface area contributed by atoms with E-state index in [-0.39, 0.29) is 24.3 Å². The van der Waals surface area contributed by atoms with Gasteiger partial charge in [-0.3, -0.25) is 14.5 Å². The molecule has 2 aromatic carbocycles. The van der Waals surface area contributed by atoms with Crippen molar-refractivity contribution in [3.8, 4) is 17.2 Å². The van der Waals surface area contributed by atoms with Crippen molar-refractivity contribution in [3.05, 3.63) is 48.0 Å². The van der Waals surface area contributed by atoms with Gasteiger partial charge in [-0.2, -0.15) is 0 Å². The Morgan fingerprint density at radius 1 is 1.12 bits per heavy atom. The number of nitrogens with zero attached hydrogens (tertiary/aromatic N) is 2. The highest BCUT2D eigenvalue weighted by Crippen LogP contribution is 2.36. The number of anilines is 1. The number of nitrogens with one attached hydrogen (secondary N) is 1. The Bertz CT molecular complexity index is 1050. The third-order valence-electron chi connectivity index (χ3n) is 6.88. The number of benzene rings is 2. The molecule has 0 aliphatic carbocycles. The molecule has 2 aromatic rings. The van der Waals surface area contributed by atoms with Crippen LogP contribution in [0, 0.1) is 5.92 Å². The predicted octanol–water partition coefficient (Wildman–Crippen LogP) is 2.77. The van der Waals surface area contributed by atoms with Crippen molar-refractivity contribution < 1.29 is 23.8 Å². The molecule has 1 N–H and O–H groups in total. The van der Waals surface area contributed by atoms with Gasteiger partial charge in [0.25, 0.3) is 0 Å². The third-order valence-corrected chi connectivity index (χ3v) is 6.88. The topological polar surface area (TPSA) is 80.3 Å². The lowest BCUT2D eigenvalue weighted by molar-refractivity contribution is -0.126. The maximum absolute atomic E-state index is 13.1. The van der Waals surface area contributed by atoms with Gasteiger partial charge in [-0.15, -0.1) is 0 Å². The fourth-order valence-corrected chi connectivity index (χ4v) is 5.11. The van der Waals surface area contributed by atoms with E-state index in [1.165, 1.54) is 0 Å². The van der Waals surface area contributed by atoms with Crippen LogP contribution >= 0.6 is 0 Å². The van der Waals surface area contributed by atoms with Crippen molar-refractivity contribution in [1.82, 2.24) is 10.2 Å². The van der Waals surface area contributed by atoms with Crippen molar-refractivity contribution in [2.24, 2.45) is 5.92 Å². The van der Waals surface area contributed by atoms with Gasteiger partial charge in [0.15, 0.2) is 11.5 Å². The van der Waals surface area contributed by atoms with E-state index < -0.39 is 5.92 Å². The van der Waals surface area contributed by atoms with Crippen molar-refractivity contribution in [2.45, 2.75) is 25.3 Å². The van der Waals surface area contributed by atoms with Gasteiger partial charge in [0, 0.05) is 36.8 Å². The molecule has 2 amide bonds. The summed E-state index contributed by atoms with van der Waals surface area (Å²) in [5.74, 6) is 1.60. The molecular weight excluding hydrogens is 434 g/mol. The Labute approximate surface area is 199 Å². The first-order chi connectivity index (χ1) is 16.6. The van der Waals surface area contributed by atoms with Gasteiger partial charge in [0.05, 0.1) is 19.1 Å². The summed E-state index contributed by atoms with van der Waals surface area (Å²) >= 11 is 0. The molecule has 8 nitrogen and oxygen atoms in total. The van der Waals surface area contributed by atoms with Crippen LogP contribution in [-0.2, 0) is 9.59 Å². The number of carbonyl (C=O) groups excluding carboxylic acids is 2. The average molecular weight is 466 g/mol. The van der Waals surface area contributed by atoms with Gasteiger partial charge in [-0.25, -0.2) is 0 Å². The molecule has 0 unspecified atom stereocenters. The van der Waals surface area contributed by atoms with E-state index in [1.807, 2.05) is 36.4 Å². The minimum Gasteiger partial charge on any atom is -0.496 e. The summed E-state index contributed by atoms with van der Waals surface area (Å²) in [6.07, 6.45) is 2.51. The van der Waals surface area contributed by atoms with E-state index in [4.69, 9.17) is 14.2 Å². The molecule has 0 aromatic heterocycles. The molecular formula is C26H31N3O5. The standard InChI is InChI=1S/C26H31N3O5/c1-32-22-7-3-2-6-20(22)21(28-10-4-5-11-28)16-27-26(31)18-14-25(30)29(17-18)19-8-9-23-24(15-19)34-13-12-33-23/h2-3,6-9,15,18,21H,4-5,10-14,16-17H2,1H3,(H,27,31)/t18-,21-/m0/s1. The summed E-state index contributed by atoms with van der Waals surface area (Å²) in [5, 5.41) is 3.13. The molecule has 0 saturated carbocycles. The van der Waals surface area contributed by atoms with Crippen LogP contribution in [0.3, 0.4) is 0 Å². The third kappa shape index (κ3) is 4.55. The van der Waals surface area contributed by atoms with Gasteiger partial charge in [0.2, 0.25) is 11.8 Å². The molecule has 0 radical (unpaired) electrons. The van der Waals surface area contributed by atoms with Crippen LogP contribution in [0.1, 0.15) is 30.9 Å².